The van der Waals surface area contributed by atoms with Gasteiger partial charge in [0.05, 0.1) is 6.42 Å². The van der Waals surface area contributed by atoms with Gasteiger partial charge >= 0.3 is 5.97 Å². The molecule has 4 nitrogen and oxygen atoms in total. The fourth-order valence-corrected chi connectivity index (χ4v) is 2.26. The maximum atomic E-state index is 12.4. The highest BCUT2D eigenvalue weighted by Crippen LogP contribution is 2.25. The molecule has 0 unspecified atom stereocenters. The van der Waals surface area contributed by atoms with Gasteiger partial charge in [0.1, 0.15) is 0 Å². The maximum Gasteiger partial charge on any atom is 0.305 e. The summed E-state index contributed by atoms with van der Waals surface area (Å²) in [5.41, 5.74) is 2.86. The number of benzene rings is 1. The van der Waals surface area contributed by atoms with Gasteiger partial charge in [0.25, 0.3) is 0 Å². The number of carbonyl (C=O) groups is 2. The highest BCUT2D eigenvalue weighted by Gasteiger charge is 2.19. The summed E-state index contributed by atoms with van der Waals surface area (Å²) in [6, 6.07) is 5.84. The Bertz CT molecular complexity index is 462. The van der Waals surface area contributed by atoms with E-state index in [1.807, 2.05) is 39.0 Å². The lowest BCUT2D eigenvalue weighted by Gasteiger charge is -2.26. The Kier molecular flexibility index (Phi) is 6.22. The smallest absolute Gasteiger partial charge is 0.305 e. The van der Waals surface area contributed by atoms with Crippen molar-refractivity contribution in [1.82, 2.24) is 0 Å². The van der Waals surface area contributed by atoms with Crippen LogP contribution in [0.3, 0.4) is 0 Å². The van der Waals surface area contributed by atoms with Crippen LogP contribution in [0.25, 0.3) is 0 Å². The van der Waals surface area contributed by atoms with E-state index in [2.05, 4.69) is 0 Å². The predicted octanol–water partition coefficient (Wildman–Crippen LogP) is 3.30. The molecule has 0 heterocycles. The van der Waals surface area contributed by atoms with Crippen LogP contribution in [0.2, 0.25) is 0 Å². The van der Waals surface area contributed by atoms with Crippen LogP contribution < -0.4 is 4.90 Å². The quantitative estimate of drug-likeness (QED) is 0.832. The van der Waals surface area contributed by atoms with Crippen LogP contribution in [0, 0.1) is 13.8 Å². The zero-order chi connectivity index (χ0) is 15.1. The topological polar surface area (TPSA) is 57.6 Å². The summed E-state index contributed by atoms with van der Waals surface area (Å²) in [6.45, 7) is 6.16. The summed E-state index contributed by atoms with van der Waals surface area (Å²) >= 11 is 0. The lowest BCUT2D eigenvalue weighted by molar-refractivity contribution is -0.136. The SMILES string of the molecule is CCCCC(=O)N(CCC(=O)O)c1c(C)cccc1C. The van der Waals surface area contributed by atoms with E-state index in [-0.39, 0.29) is 18.9 Å². The minimum Gasteiger partial charge on any atom is -0.481 e. The summed E-state index contributed by atoms with van der Waals surface area (Å²) < 4.78 is 0. The molecule has 0 saturated heterocycles. The minimum atomic E-state index is -0.885. The first-order valence-electron chi connectivity index (χ1n) is 7.05. The molecule has 0 saturated carbocycles. The van der Waals surface area contributed by atoms with E-state index in [9.17, 15) is 9.59 Å². The molecule has 1 N–H and O–H groups in total. The van der Waals surface area contributed by atoms with Gasteiger partial charge in [-0.2, -0.15) is 0 Å². The van der Waals surface area contributed by atoms with Crippen molar-refractivity contribution < 1.29 is 14.7 Å². The molecule has 20 heavy (non-hydrogen) atoms. The van der Waals surface area contributed by atoms with Gasteiger partial charge in [0.2, 0.25) is 5.91 Å². The molecule has 1 rings (SSSR count). The monoisotopic (exact) mass is 277 g/mol. The van der Waals surface area contributed by atoms with Crippen molar-refractivity contribution in [2.24, 2.45) is 0 Å². The summed E-state index contributed by atoms with van der Waals surface area (Å²) in [5, 5.41) is 8.87. The third-order valence-electron chi connectivity index (χ3n) is 3.30. The fourth-order valence-electron chi connectivity index (χ4n) is 2.26. The average molecular weight is 277 g/mol. The van der Waals surface area contributed by atoms with Crippen molar-refractivity contribution >= 4 is 17.6 Å². The molecular weight excluding hydrogens is 254 g/mol. The van der Waals surface area contributed by atoms with Gasteiger partial charge < -0.3 is 10.0 Å². The Balaban J connectivity index is 3.02. The van der Waals surface area contributed by atoms with E-state index in [1.165, 1.54) is 0 Å². The van der Waals surface area contributed by atoms with E-state index < -0.39 is 5.97 Å². The molecular formula is C16H23NO3. The highest BCUT2D eigenvalue weighted by atomic mass is 16.4. The van der Waals surface area contributed by atoms with Crippen LogP contribution in [0.5, 0.6) is 0 Å². The molecule has 110 valence electrons. The van der Waals surface area contributed by atoms with Crippen LogP contribution in [0.1, 0.15) is 43.7 Å². The number of aliphatic carboxylic acids is 1. The lowest BCUT2D eigenvalue weighted by atomic mass is 10.1. The first-order valence-corrected chi connectivity index (χ1v) is 7.05. The Morgan fingerprint density at radius 1 is 1.15 bits per heavy atom. The van der Waals surface area contributed by atoms with Gasteiger partial charge in [0.15, 0.2) is 0 Å². The maximum absolute atomic E-state index is 12.4. The Morgan fingerprint density at radius 3 is 2.25 bits per heavy atom. The molecule has 1 aromatic carbocycles. The van der Waals surface area contributed by atoms with Crippen LogP contribution >= 0.6 is 0 Å². The van der Waals surface area contributed by atoms with E-state index in [0.29, 0.717) is 6.42 Å². The Labute approximate surface area is 120 Å². The molecule has 0 spiro atoms. The first-order chi connectivity index (χ1) is 9.47. The van der Waals surface area contributed by atoms with Gasteiger partial charge in [-0.05, 0) is 31.4 Å². The van der Waals surface area contributed by atoms with Crippen molar-refractivity contribution in [1.29, 1.82) is 0 Å². The number of para-hydroxylation sites is 1. The van der Waals surface area contributed by atoms with Crippen LogP contribution in [0.15, 0.2) is 18.2 Å². The summed E-state index contributed by atoms with van der Waals surface area (Å²) in [5.74, 6) is -0.880. The minimum absolute atomic E-state index is 0.00509. The first kappa shape index (κ1) is 16.2. The summed E-state index contributed by atoms with van der Waals surface area (Å²) in [6.07, 6.45) is 2.20. The van der Waals surface area contributed by atoms with Crippen molar-refractivity contribution in [2.45, 2.75) is 46.5 Å². The van der Waals surface area contributed by atoms with E-state index >= 15 is 0 Å². The zero-order valence-corrected chi connectivity index (χ0v) is 12.5. The lowest BCUT2D eigenvalue weighted by Crippen LogP contribution is -2.34. The number of carbonyl (C=O) groups excluding carboxylic acids is 1. The number of anilines is 1. The van der Waals surface area contributed by atoms with Gasteiger partial charge in [-0.3, -0.25) is 9.59 Å². The molecule has 4 heteroatoms. The number of amides is 1. The van der Waals surface area contributed by atoms with Gasteiger partial charge in [-0.15, -0.1) is 0 Å². The van der Waals surface area contributed by atoms with Crippen molar-refractivity contribution in [3.8, 4) is 0 Å². The largest absolute Gasteiger partial charge is 0.481 e. The highest BCUT2D eigenvalue weighted by molar-refractivity contribution is 5.95. The molecule has 0 radical (unpaired) electrons. The van der Waals surface area contributed by atoms with Crippen molar-refractivity contribution in [3.05, 3.63) is 29.3 Å². The third kappa shape index (κ3) is 4.37. The van der Waals surface area contributed by atoms with Gasteiger partial charge in [-0.1, -0.05) is 31.5 Å². The fraction of sp³-hybridized carbons (Fsp3) is 0.500. The Hall–Kier alpha value is -1.84. The van der Waals surface area contributed by atoms with Crippen molar-refractivity contribution in [3.63, 3.8) is 0 Å². The van der Waals surface area contributed by atoms with E-state index in [4.69, 9.17) is 5.11 Å². The zero-order valence-electron chi connectivity index (χ0n) is 12.5. The average Bonchev–Trinajstić information content (AvgIpc) is 2.39. The number of aryl methyl sites for hydroxylation is 2. The van der Waals surface area contributed by atoms with Crippen molar-refractivity contribution in [2.75, 3.05) is 11.4 Å². The van der Waals surface area contributed by atoms with Gasteiger partial charge in [0, 0.05) is 18.7 Å². The molecule has 0 aliphatic heterocycles. The van der Waals surface area contributed by atoms with Crippen LogP contribution in [-0.4, -0.2) is 23.5 Å². The molecule has 0 aliphatic rings. The Morgan fingerprint density at radius 2 is 1.75 bits per heavy atom. The molecule has 0 aromatic heterocycles. The molecule has 0 fully saturated rings. The molecule has 1 aromatic rings. The van der Waals surface area contributed by atoms with Crippen LogP contribution in [0.4, 0.5) is 5.69 Å². The molecule has 1 amide bonds. The molecule has 0 aliphatic carbocycles. The molecule has 0 atom stereocenters. The second-order valence-corrected chi connectivity index (χ2v) is 5.03. The second-order valence-electron chi connectivity index (χ2n) is 5.03. The normalized spacial score (nSPS) is 10.3. The van der Waals surface area contributed by atoms with Crippen LogP contribution in [-0.2, 0) is 9.59 Å². The summed E-state index contributed by atoms with van der Waals surface area (Å²) in [7, 11) is 0. The number of carboxylic acids is 1. The van der Waals surface area contributed by atoms with E-state index in [1.54, 1.807) is 4.90 Å². The molecule has 0 bridgehead atoms. The number of hydrogen-bond donors (Lipinski definition) is 1. The number of rotatable bonds is 7. The number of hydrogen-bond acceptors (Lipinski definition) is 2. The standard InChI is InChI=1S/C16H23NO3/c1-4-5-9-14(18)17(11-10-15(19)20)16-12(2)7-6-8-13(16)3/h6-8H,4-5,9-11H2,1-3H3,(H,19,20). The predicted molar refractivity (Wildman–Crippen MR) is 80.0 cm³/mol. The summed E-state index contributed by atoms with van der Waals surface area (Å²) in [4.78, 5) is 24.8. The third-order valence-corrected chi connectivity index (χ3v) is 3.30. The number of unbranched alkanes of at least 4 members (excludes halogenated alkanes) is 1. The number of nitrogens with zero attached hydrogens (tertiary/aromatic N) is 1. The number of carboxylic acid groups (broad SMARTS) is 1. The van der Waals surface area contributed by atoms with E-state index in [0.717, 1.165) is 29.7 Å². The second kappa shape index (κ2) is 7.68. The van der Waals surface area contributed by atoms with Gasteiger partial charge in [-0.25, -0.2) is 0 Å².